The van der Waals surface area contributed by atoms with Gasteiger partial charge in [-0.05, 0) is 25.5 Å². The third kappa shape index (κ3) is 2.59. The zero-order chi connectivity index (χ0) is 14.9. The molecular weight excluding hydrogens is 258 g/mol. The van der Waals surface area contributed by atoms with Crippen molar-refractivity contribution in [2.75, 3.05) is 32.1 Å². The van der Waals surface area contributed by atoms with E-state index in [0.717, 1.165) is 5.82 Å². The molecule has 0 saturated carbocycles. The first-order valence-electron chi connectivity index (χ1n) is 6.49. The second kappa shape index (κ2) is 5.11. The van der Waals surface area contributed by atoms with Crippen molar-refractivity contribution in [2.45, 2.75) is 13.3 Å². The van der Waals surface area contributed by atoms with Gasteiger partial charge in [0.2, 0.25) is 0 Å². The average molecular weight is 277 g/mol. The second-order valence-corrected chi connectivity index (χ2v) is 5.64. The molecule has 6 nitrogen and oxygen atoms in total. The summed E-state index contributed by atoms with van der Waals surface area (Å²) >= 11 is 0. The number of likely N-dealkylation sites (tertiary alicyclic amines) is 1. The SMILES string of the molecule is CN(C)c1ccc(C(=O)N2CCC(C)(C(=O)O)C2)cn1. The van der Waals surface area contributed by atoms with Crippen molar-refractivity contribution < 1.29 is 14.7 Å². The largest absolute Gasteiger partial charge is 0.481 e. The fourth-order valence-corrected chi connectivity index (χ4v) is 2.27. The predicted molar refractivity (Wildman–Crippen MR) is 74.8 cm³/mol. The molecule has 1 amide bonds. The molecule has 1 saturated heterocycles. The molecule has 20 heavy (non-hydrogen) atoms. The van der Waals surface area contributed by atoms with Gasteiger partial charge in [0.05, 0.1) is 11.0 Å². The number of amides is 1. The summed E-state index contributed by atoms with van der Waals surface area (Å²) in [6.45, 7) is 2.39. The maximum Gasteiger partial charge on any atom is 0.311 e. The fraction of sp³-hybridized carbons (Fsp3) is 0.500. The molecule has 0 aromatic carbocycles. The molecule has 6 heteroatoms. The van der Waals surface area contributed by atoms with Gasteiger partial charge in [0.25, 0.3) is 5.91 Å². The number of rotatable bonds is 3. The molecule has 0 aliphatic carbocycles. The first-order valence-corrected chi connectivity index (χ1v) is 6.49. The highest BCUT2D eigenvalue weighted by Gasteiger charge is 2.42. The van der Waals surface area contributed by atoms with Crippen LogP contribution in [0.3, 0.4) is 0 Å². The molecule has 1 aromatic heterocycles. The lowest BCUT2D eigenvalue weighted by Crippen LogP contribution is -2.34. The van der Waals surface area contributed by atoms with Gasteiger partial charge in [-0.2, -0.15) is 0 Å². The topological polar surface area (TPSA) is 73.7 Å². The van der Waals surface area contributed by atoms with Crippen molar-refractivity contribution in [3.8, 4) is 0 Å². The molecule has 0 bridgehead atoms. The number of carbonyl (C=O) groups is 2. The van der Waals surface area contributed by atoms with Crippen LogP contribution < -0.4 is 4.90 Å². The van der Waals surface area contributed by atoms with Crippen molar-refractivity contribution in [3.63, 3.8) is 0 Å². The highest BCUT2D eigenvalue weighted by atomic mass is 16.4. The first kappa shape index (κ1) is 14.3. The van der Waals surface area contributed by atoms with Crippen molar-refractivity contribution in [1.29, 1.82) is 0 Å². The lowest BCUT2D eigenvalue weighted by atomic mass is 9.90. The van der Waals surface area contributed by atoms with Crippen LogP contribution in [0.1, 0.15) is 23.7 Å². The first-order chi connectivity index (χ1) is 9.33. The summed E-state index contributed by atoms with van der Waals surface area (Å²) in [6, 6.07) is 3.50. The molecule has 1 aromatic rings. The van der Waals surface area contributed by atoms with Crippen LogP contribution in [0, 0.1) is 5.41 Å². The molecule has 2 rings (SSSR count). The van der Waals surface area contributed by atoms with Gasteiger partial charge in [-0.25, -0.2) is 4.98 Å². The van der Waals surface area contributed by atoms with Crippen molar-refractivity contribution in [1.82, 2.24) is 9.88 Å². The number of carbonyl (C=O) groups excluding carboxylic acids is 1. The minimum absolute atomic E-state index is 0.159. The predicted octanol–water partition coefficient (Wildman–Crippen LogP) is 1.08. The number of aromatic nitrogens is 1. The Morgan fingerprint density at radius 2 is 2.10 bits per heavy atom. The van der Waals surface area contributed by atoms with E-state index in [0.29, 0.717) is 18.5 Å². The van der Waals surface area contributed by atoms with Crippen molar-refractivity contribution in [3.05, 3.63) is 23.9 Å². The van der Waals surface area contributed by atoms with Crippen molar-refractivity contribution >= 4 is 17.7 Å². The van der Waals surface area contributed by atoms with Gasteiger partial charge < -0.3 is 14.9 Å². The summed E-state index contributed by atoms with van der Waals surface area (Å²) in [5.74, 6) is -0.236. The molecule has 1 aliphatic heterocycles. The zero-order valence-corrected chi connectivity index (χ0v) is 12.0. The molecule has 1 atom stereocenters. The van der Waals surface area contributed by atoms with Gasteiger partial charge in [-0.3, -0.25) is 9.59 Å². The number of hydrogen-bond acceptors (Lipinski definition) is 4. The highest BCUT2D eigenvalue weighted by molar-refractivity contribution is 5.95. The Balaban J connectivity index is 2.11. The molecule has 1 fully saturated rings. The standard InChI is InChI=1S/C14H19N3O3/c1-14(13(19)20)6-7-17(9-14)12(18)10-4-5-11(15-8-10)16(2)3/h4-5,8H,6-7,9H2,1-3H3,(H,19,20). The number of carboxylic acids is 1. The van der Waals surface area contributed by atoms with Gasteiger partial charge in [-0.1, -0.05) is 0 Å². The van der Waals surface area contributed by atoms with Gasteiger partial charge in [0, 0.05) is 33.4 Å². The van der Waals surface area contributed by atoms with Gasteiger partial charge in [0.1, 0.15) is 5.82 Å². The Bertz CT molecular complexity index is 527. The molecule has 2 heterocycles. The molecule has 1 unspecified atom stereocenters. The Hall–Kier alpha value is -2.11. The summed E-state index contributed by atoms with van der Waals surface area (Å²) in [5, 5.41) is 9.18. The minimum Gasteiger partial charge on any atom is -0.481 e. The molecule has 0 spiro atoms. The number of anilines is 1. The summed E-state index contributed by atoms with van der Waals surface area (Å²) < 4.78 is 0. The third-order valence-corrected chi connectivity index (χ3v) is 3.73. The van der Waals surface area contributed by atoms with Gasteiger partial charge in [0.15, 0.2) is 0 Å². The van der Waals surface area contributed by atoms with E-state index < -0.39 is 11.4 Å². The number of carboxylic acid groups (broad SMARTS) is 1. The average Bonchev–Trinajstić information content (AvgIpc) is 2.82. The maximum atomic E-state index is 12.3. The Morgan fingerprint density at radius 1 is 1.40 bits per heavy atom. The van der Waals surface area contributed by atoms with E-state index in [2.05, 4.69) is 4.98 Å². The van der Waals surface area contributed by atoms with Crippen LogP contribution in [0.15, 0.2) is 18.3 Å². The normalized spacial score (nSPS) is 21.9. The summed E-state index contributed by atoms with van der Waals surface area (Å²) in [6.07, 6.45) is 2.02. The van der Waals surface area contributed by atoms with E-state index in [9.17, 15) is 14.7 Å². The van der Waals surface area contributed by atoms with Crippen LogP contribution in [0.5, 0.6) is 0 Å². The van der Waals surface area contributed by atoms with E-state index in [4.69, 9.17) is 0 Å². The number of hydrogen-bond donors (Lipinski definition) is 1. The van der Waals surface area contributed by atoms with Crippen LogP contribution in [-0.4, -0.2) is 54.1 Å². The van der Waals surface area contributed by atoms with E-state index in [1.807, 2.05) is 19.0 Å². The summed E-state index contributed by atoms with van der Waals surface area (Å²) in [5.41, 5.74) is -0.350. The lowest BCUT2D eigenvalue weighted by molar-refractivity contribution is -0.147. The molecule has 1 aliphatic rings. The highest BCUT2D eigenvalue weighted by Crippen LogP contribution is 2.31. The monoisotopic (exact) mass is 277 g/mol. The van der Waals surface area contributed by atoms with Crippen LogP contribution in [0.25, 0.3) is 0 Å². The van der Waals surface area contributed by atoms with E-state index in [-0.39, 0.29) is 12.5 Å². The Morgan fingerprint density at radius 3 is 2.55 bits per heavy atom. The van der Waals surface area contributed by atoms with Crippen LogP contribution >= 0.6 is 0 Å². The number of nitrogens with zero attached hydrogens (tertiary/aromatic N) is 3. The van der Waals surface area contributed by atoms with Crippen molar-refractivity contribution in [2.24, 2.45) is 5.41 Å². The lowest BCUT2D eigenvalue weighted by Gasteiger charge is -2.20. The zero-order valence-electron chi connectivity index (χ0n) is 12.0. The van der Waals surface area contributed by atoms with Crippen LogP contribution in [0.4, 0.5) is 5.82 Å². The van der Waals surface area contributed by atoms with Gasteiger partial charge in [-0.15, -0.1) is 0 Å². The maximum absolute atomic E-state index is 12.3. The van der Waals surface area contributed by atoms with E-state index >= 15 is 0 Å². The summed E-state index contributed by atoms with van der Waals surface area (Å²) in [7, 11) is 3.76. The fourth-order valence-electron chi connectivity index (χ4n) is 2.27. The number of pyridine rings is 1. The van der Waals surface area contributed by atoms with E-state index in [1.165, 1.54) is 6.20 Å². The molecular formula is C14H19N3O3. The minimum atomic E-state index is -0.853. The second-order valence-electron chi connectivity index (χ2n) is 5.64. The smallest absolute Gasteiger partial charge is 0.311 e. The molecule has 1 N–H and O–H groups in total. The van der Waals surface area contributed by atoms with Crippen LogP contribution in [0.2, 0.25) is 0 Å². The number of aliphatic carboxylic acids is 1. The quantitative estimate of drug-likeness (QED) is 0.895. The molecule has 108 valence electrons. The third-order valence-electron chi connectivity index (χ3n) is 3.73. The van der Waals surface area contributed by atoms with E-state index in [1.54, 1.807) is 24.0 Å². The Kier molecular flexibility index (Phi) is 3.65. The van der Waals surface area contributed by atoms with Gasteiger partial charge >= 0.3 is 5.97 Å². The Labute approximate surface area is 118 Å². The molecule has 0 radical (unpaired) electrons. The van der Waals surface area contributed by atoms with Crippen LogP contribution in [-0.2, 0) is 4.79 Å². The summed E-state index contributed by atoms with van der Waals surface area (Å²) in [4.78, 5) is 31.2.